The van der Waals surface area contributed by atoms with Gasteiger partial charge in [0.15, 0.2) is 0 Å². The predicted octanol–water partition coefficient (Wildman–Crippen LogP) is 0.898. The summed E-state index contributed by atoms with van der Waals surface area (Å²) < 4.78 is 9.66. The Morgan fingerprint density at radius 3 is 2.39 bits per heavy atom. The zero-order chi connectivity index (χ0) is 25.2. The molecule has 12 heteroatoms. The van der Waals surface area contributed by atoms with Gasteiger partial charge in [-0.25, -0.2) is 4.79 Å². The van der Waals surface area contributed by atoms with Crippen LogP contribution in [0.4, 0.5) is 4.79 Å². The number of carbonyl (C=O) groups excluding carboxylic acids is 4. The number of methoxy groups -OCH3 is 1. The van der Waals surface area contributed by atoms with Crippen LogP contribution in [0.15, 0.2) is 24.3 Å². The van der Waals surface area contributed by atoms with Crippen molar-refractivity contribution in [2.45, 2.75) is 38.5 Å². The van der Waals surface area contributed by atoms with Crippen LogP contribution in [0.2, 0.25) is 0 Å². The number of nitrogens with zero attached hydrogens (tertiary/aromatic N) is 2. The van der Waals surface area contributed by atoms with Crippen LogP contribution in [-0.2, 0) is 23.9 Å². The van der Waals surface area contributed by atoms with Crippen molar-refractivity contribution in [1.29, 1.82) is 5.26 Å². The molecule has 1 rings (SSSR count). The lowest BCUT2D eigenvalue weighted by atomic mass is 10.0. The van der Waals surface area contributed by atoms with Crippen molar-refractivity contribution in [1.82, 2.24) is 15.5 Å². The van der Waals surface area contributed by atoms with E-state index in [1.54, 1.807) is 26.8 Å². The van der Waals surface area contributed by atoms with Gasteiger partial charge in [0.25, 0.3) is 0 Å². The molecule has 0 fully saturated rings. The van der Waals surface area contributed by atoms with E-state index in [2.05, 4.69) is 28.0 Å². The molecule has 0 bridgehead atoms. The normalized spacial score (nSPS) is 12.5. The lowest BCUT2D eigenvalue weighted by Gasteiger charge is -2.32. The minimum Gasteiger partial charge on any atom is -0.508 e. The molecular formula is C21H28N4O7S. The molecule has 0 aliphatic heterocycles. The lowest BCUT2D eigenvalue weighted by molar-refractivity contribution is -0.144. The summed E-state index contributed by atoms with van der Waals surface area (Å²) in [6.07, 6.45) is -0.888. The van der Waals surface area contributed by atoms with Crippen LogP contribution in [0.25, 0.3) is 0 Å². The van der Waals surface area contributed by atoms with Crippen molar-refractivity contribution >= 4 is 36.5 Å². The Kier molecular flexibility index (Phi) is 10.5. The van der Waals surface area contributed by atoms with Crippen LogP contribution < -0.4 is 10.6 Å². The van der Waals surface area contributed by atoms with Gasteiger partial charge in [0.05, 0.1) is 13.2 Å². The molecule has 0 aliphatic carbocycles. The molecule has 3 amide bonds. The van der Waals surface area contributed by atoms with Crippen molar-refractivity contribution < 1.29 is 33.8 Å². The molecule has 180 valence electrons. The van der Waals surface area contributed by atoms with Gasteiger partial charge < -0.3 is 30.1 Å². The molecule has 2 unspecified atom stereocenters. The monoisotopic (exact) mass is 480 g/mol. The minimum atomic E-state index is -1.49. The smallest absolute Gasteiger partial charge is 0.408 e. The highest BCUT2D eigenvalue weighted by atomic mass is 32.1. The summed E-state index contributed by atoms with van der Waals surface area (Å²) in [5.41, 5.74) is -0.814. The first kappa shape index (κ1) is 27.6. The Morgan fingerprint density at radius 2 is 1.88 bits per heavy atom. The third-order valence-corrected chi connectivity index (χ3v) is 4.49. The fourth-order valence-electron chi connectivity index (χ4n) is 2.71. The number of hydrogen-bond donors (Lipinski definition) is 4. The van der Waals surface area contributed by atoms with Gasteiger partial charge in [0, 0.05) is 11.3 Å². The second-order valence-electron chi connectivity index (χ2n) is 7.76. The van der Waals surface area contributed by atoms with Crippen molar-refractivity contribution in [3.8, 4) is 11.8 Å². The van der Waals surface area contributed by atoms with Crippen molar-refractivity contribution in [3.05, 3.63) is 29.8 Å². The number of benzene rings is 1. The first-order chi connectivity index (χ1) is 15.4. The number of amides is 3. The quantitative estimate of drug-likeness (QED) is 0.231. The summed E-state index contributed by atoms with van der Waals surface area (Å²) in [6, 6.07) is 4.80. The zero-order valence-corrected chi connectivity index (χ0v) is 19.7. The average Bonchev–Trinajstić information content (AvgIpc) is 2.74. The fraction of sp³-hybridized carbons (Fsp3) is 0.476. The maximum Gasteiger partial charge on any atom is 0.408 e. The van der Waals surface area contributed by atoms with Crippen LogP contribution in [0, 0.1) is 11.3 Å². The SMILES string of the molecule is COC(=O)CNC(=O)C(c1ccccc1O)N(CC#N)C(=O)C(CS)NC(=O)OC(C)(C)C. The molecule has 1 aromatic rings. The van der Waals surface area contributed by atoms with Crippen LogP contribution in [-0.4, -0.2) is 71.5 Å². The number of esters is 1. The number of aromatic hydroxyl groups is 1. The third-order valence-electron chi connectivity index (χ3n) is 4.12. The van der Waals surface area contributed by atoms with E-state index in [1.165, 1.54) is 24.3 Å². The van der Waals surface area contributed by atoms with Crippen LogP contribution >= 0.6 is 12.6 Å². The number of nitriles is 1. The van der Waals surface area contributed by atoms with Crippen molar-refractivity contribution in [2.75, 3.05) is 26.0 Å². The number of ether oxygens (including phenoxy) is 2. The van der Waals surface area contributed by atoms with Crippen molar-refractivity contribution in [3.63, 3.8) is 0 Å². The minimum absolute atomic E-state index is 0.0126. The summed E-state index contributed by atoms with van der Waals surface area (Å²) >= 11 is 4.10. The summed E-state index contributed by atoms with van der Waals surface area (Å²) in [6.45, 7) is 3.87. The van der Waals surface area contributed by atoms with Gasteiger partial charge in [-0.15, -0.1) is 0 Å². The zero-order valence-electron chi connectivity index (χ0n) is 18.8. The van der Waals surface area contributed by atoms with E-state index in [4.69, 9.17) is 4.74 Å². The molecule has 1 aromatic carbocycles. The topological polar surface area (TPSA) is 158 Å². The number of hydrogen-bond acceptors (Lipinski definition) is 9. The van der Waals surface area contributed by atoms with E-state index in [0.29, 0.717) is 0 Å². The number of para-hydroxylation sites is 1. The van der Waals surface area contributed by atoms with Crippen LogP contribution in [0.3, 0.4) is 0 Å². The molecule has 0 heterocycles. The van der Waals surface area contributed by atoms with Crippen molar-refractivity contribution in [2.24, 2.45) is 0 Å². The largest absolute Gasteiger partial charge is 0.508 e. The molecule has 2 atom stereocenters. The molecule has 0 saturated carbocycles. The molecular weight excluding hydrogens is 452 g/mol. The number of carbonyl (C=O) groups is 4. The highest BCUT2D eigenvalue weighted by molar-refractivity contribution is 7.80. The number of phenols is 1. The molecule has 0 saturated heterocycles. The molecule has 0 aliphatic rings. The van der Waals surface area contributed by atoms with E-state index in [9.17, 15) is 29.5 Å². The van der Waals surface area contributed by atoms with E-state index >= 15 is 0 Å². The standard InChI is InChI=1S/C21H28N4O7S/c1-21(2,3)32-20(30)24-14(12-33)19(29)25(10-9-22)17(13-7-5-6-8-15(13)26)18(28)23-11-16(27)31-4/h5-8,14,17,26,33H,10-12H2,1-4H3,(H,23,28)(H,24,30). The Bertz CT molecular complexity index is 911. The number of rotatable bonds is 9. The molecule has 3 N–H and O–H groups in total. The first-order valence-corrected chi connectivity index (χ1v) is 10.5. The molecule has 0 radical (unpaired) electrons. The summed E-state index contributed by atoms with van der Waals surface area (Å²) in [4.78, 5) is 50.8. The van der Waals surface area contributed by atoms with Gasteiger partial charge in [0.1, 0.15) is 36.5 Å². The number of phenolic OH excluding ortho intramolecular Hbond substituents is 1. The Labute approximate surface area is 197 Å². The second kappa shape index (κ2) is 12.5. The van der Waals surface area contributed by atoms with E-state index in [-0.39, 0.29) is 17.1 Å². The highest BCUT2D eigenvalue weighted by Crippen LogP contribution is 2.29. The van der Waals surface area contributed by atoms with Crippen LogP contribution in [0.1, 0.15) is 32.4 Å². The lowest BCUT2D eigenvalue weighted by Crippen LogP contribution is -2.54. The molecule has 33 heavy (non-hydrogen) atoms. The fourth-order valence-corrected chi connectivity index (χ4v) is 2.95. The van der Waals surface area contributed by atoms with Gasteiger partial charge in [-0.1, -0.05) is 18.2 Å². The maximum atomic E-state index is 13.3. The Hall–Kier alpha value is -3.46. The Morgan fingerprint density at radius 1 is 1.24 bits per heavy atom. The average molecular weight is 481 g/mol. The number of nitrogens with one attached hydrogen (secondary N) is 2. The number of alkyl carbamates (subject to hydrolysis) is 1. The van der Waals surface area contributed by atoms with E-state index in [1.807, 2.05) is 0 Å². The maximum absolute atomic E-state index is 13.3. The van der Waals surface area contributed by atoms with E-state index in [0.717, 1.165) is 12.0 Å². The van der Waals surface area contributed by atoms with Gasteiger partial charge in [-0.2, -0.15) is 17.9 Å². The third kappa shape index (κ3) is 8.53. The molecule has 0 spiro atoms. The summed E-state index contributed by atoms with van der Waals surface area (Å²) in [5.74, 6) is -2.89. The molecule has 11 nitrogen and oxygen atoms in total. The number of thiol groups is 1. The summed E-state index contributed by atoms with van der Waals surface area (Å²) in [7, 11) is 1.14. The van der Waals surface area contributed by atoms with Crippen LogP contribution in [0.5, 0.6) is 5.75 Å². The van der Waals surface area contributed by atoms with Gasteiger partial charge in [0.2, 0.25) is 11.8 Å². The second-order valence-corrected chi connectivity index (χ2v) is 8.13. The first-order valence-electron chi connectivity index (χ1n) is 9.85. The van der Waals surface area contributed by atoms with Gasteiger partial charge in [-0.3, -0.25) is 14.4 Å². The van der Waals surface area contributed by atoms with Gasteiger partial charge >= 0.3 is 12.1 Å². The Balaban J connectivity index is 3.33. The summed E-state index contributed by atoms with van der Waals surface area (Å²) in [5, 5.41) is 24.4. The van der Waals surface area contributed by atoms with Gasteiger partial charge in [-0.05, 0) is 26.8 Å². The predicted molar refractivity (Wildman–Crippen MR) is 120 cm³/mol. The molecule has 0 aromatic heterocycles. The van der Waals surface area contributed by atoms with E-state index < -0.39 is 54.7 Å². The highest BCUT2D eigenvalue weighted by Gasteiger charge is 2.37.